The number of halogens is 1. The summed E-state index contributed by atoms with van der Waals surface area (Å²) >= 11 is 6.15. The molecule has 0 spiro atoms. The Labute approximate surface area is 140 Å². The third-order valence-electron chi connectivity index (χ3n) is 3.80. The van der Waals surface area contributed by atoms with Gasteiger partial charge in [-0.2, -0.15) is 0 Å². The molecule has 0 aliphatic carbocycles. The lowest BCUT2D eigenvalue weighted by molar-refractivity contribution is -0.120. The Balaban J connectivity index is 1.71. The second kappa shape index (κ2) is 6.50. The van der Waals surface area contributed by atoms with E-state index in [-0.39, 0.29) is 12.5 Å². The van der Waals surface area contributed by atoms with Gasteiger partial charge < -0.3 is 14.4 Å². The van der Waals surface area contributed by atoms with E-state index in [4.69, 9.17) is 21.1 Å². The first-order chi connectivity index (χ1) is 11.1. The van der Waals surface area contributed by atoms with E-state index >= 15 is 0 Å². The van der Waals surface area contributed by atoms with Crippen molar-refractivity contribution in [1.82, 2.24) is 0 Å². The van der Waals surface area contributed by atoms with Gasteiger partial charge in [0.15, 0.2) is 6.61 Å². The average molecular weight is 332 g/mol. The minimum atomic E-state index is -0.0917. The molecule has 0 aromatic heterocycles. The fourth-order valence-electron chi connectivity index (χ4n) is 2.64. The molecule has 1 aliphatic heterocycles. The van der Waals surface area contributed by atoms with Crippen molar-refractivity contribution in [3.8, 4) is 11.5 Å². The Morgan fingerprint density at radius 1 is 1.26 bits per heavy atom. The molecule has 0 saturated heterocycles. The number of amides is 1. The number of rotatable bonds is 3. The molecule has 4 nitrogen and oxygen atoms in total. The quantitative estimate of drug-likeness (QED) is 0.859. The third kappa shape index (κ3) is 3.27. The van der Waals surface area contributed by atoms with Crippen molar-refractivity contribution >= 4 is 23.2 Å². The number of carbonyl (C=O) groups excluding carboxylic acids is 1. The van der Waals surface area contributed by atoms with Gasteiger partial charge in [-0.05, 0) is 49.2 Å². The molecule has 0 bridgehead atoms. The molecule has 0 radical (unpaired) electrons. The summed E-state index contributed by atoms with van der Waals surface area (Å²) in [6.07, 6.45) is 0. The van der Waals surface area contributed by atoms with Gasteiger partial charge in [0.1, 0.15) is 18.1 Å². The molecule has 2 aromatic carbocycles. The van der Waals surface area contributed by atoms with E-state index in [1.54, 1.807) is 4.90 Å². The fraction of sp³-hybridized carbons (Fsp3) is 0.278. The summed E-state index contributed by atoms with van der Waals surface area (Å²) in [5.41, 5.74) is 2.66. The molecule has 120 valence electrons. The Kier molecular flexibility index (Phi) is 4.44. The minimum Gasteiger partial charge on any atom is -0.490 e. The van der Waals surface area contributed by atoms with Gasteiger partial charge in [-0.1, -0.05) is 23.7 Å². The third-order valence-corrected chi connectivity index (χ3v) is 4.40. The van der Waals surface area contributed by atoms with Crippen LogP contribution < -0.4 is 14.4 Å². The predicted octanol–water partition coefficient (Wildman–Crippen LogP) is 3.76. The van der Waals surface area contributed by atoms with Gasteiger partial charge in [0.2, 0.25) is 0 Å². The van der Waals surface area contributed by atoms with Crippen molar-refractivity contribution in [3.05, 3.63) is 52.5 Å². The van der Waals surface area contributed by atoms with Gasteiger partial charge in [-0.25, -0.2) is 0 Å². The minimum absolute atomic E-state index is 0.0190. The Morgan fingerprint density at radius 2 is 1.96 bits per heavy atom. The Bertz CT molecular complexity index is 722. The number of hydrogen-bond acceptors (Lipinski definition) is 3. The van der Waals surface area contributed by atoms with Crippen molar-refractivity contribution in [1.29, 1.82) is 0 Å². The summed E-state index contributed by atoms with van der Waals surface area (Å²) in [7, 11) is 0. The van der Waals surface area contributed by atoms with E-state index in [1.165, 1.54) is 0 Å². The molecule has 0 saturated carbocycles. The van der Waals surface area contributed by atoms with Crippen molar-refractivity contribution in [2.45, 2.75) is 13.8 Å². The molecule has 5 heteroatoms. The lowest BCUT2D eigenvalue weighted by Crippen LogP contribution is -2.40. The summed E-state index contributed by atoms with van der Waals surface area (Å²) in [6.45, 7) is 4.83. The Morgan fingerprint density at radius 3 is 2.70 bits per heavy atom. The van der Waals surface area contributed by atoms with Gasteiger partial charge >= 0.3 is 0 Å². The number of fused-ring (bicyclic) bond motifs is 1. The van der Waals surface area contributed by atoms with Gasteiger partial charge in [-0.3, -0.25) is 4.79 Å². The van der Waals surface area contributed by atoms with E-state index in [1.807, 2.05) is 50.2 Å². The number of aryl methyl sites for hydroxylation is 2. The van der Waals surface area contributed by atoms with E-state index in [0.717, 1.165) is 27.6 Å². The highest BCUT2D eigenvalue weighted by Crippen LogP contribution is 2.31. The lowest BCUT2D eigenvalue weighted by Gasteiger charge is -2.29. The second-order valence-corrected chi connectivity index (χ2v) is 5.90. The van der Waals surface area contributed by atoms with Crippen LogP contribution in [0.3, 0.4) is 0 Å². The van der Waals surface area contributed by atoms with Crippen molar-refractivity contribution in [2.75, 3.05) is 24.7 Å². The highest BCUT2D eigenvalue weighted by atomic mass is 35.5. The molecule has 1 heterocycles. The largest absolute Gasteiger partial charge is 0.490 e. The molecule has 0 fully saturated rings. The summed E-state index contributed by atoms with van der Waals surface area (Å²) < 4.78 is 11.2. The zero-order chi connectivity index (χ0) is 16.4. The normalized spacial score (nSPS) is 13.3. The number of benzene rings is 2. The molecular weight excluding hydrogens is 314 g/mol. The molecular formula is C18H18ClNO3. The van der Waals surface area contributed by atoms with Crippen LogP contribution >= 0.6 is 11.6 Å². The molecule has 1 amide bonds. The standard InChI is InChI=1S/C18H18ClNO3/c1-12-9-14(10-13(2)18(12)19)23-11-17(21)20-7-8-22-16-6-4-3-5-15(16)20/h3-6,9-10H,7-8,11H2,1-2H3. The molecule has 0 N–H and O–H groups in total. The summed E-state index contributed by atoms with van der Waals surface area (Å²) in [6, 6.07) is 11.2. The van der Waals surface area contributed by atoms with Crippen molar-refractivity contribution in [2.24, 2.45) is 0 Å². The van der Waals surface area contributed by atoms with Crippen molar-refractivity contribution in [3.63, 3.8) is 0 Å². The number of hydrogen-bond donors (Lipinski definition) is 0. The van der Waals surface area contributed by atoms with Crippen LogP contribution in [0.4, 0.5) is 5.69 Å². The summed E-state index contributed by atoms with van der Waals surface area (Å²) in [5.74, 6) is 1.29. The van der Waals surface area contributed by atoms with Crippen LogP contribution in [0.2, 0.25) is 5.02 Å². The fourth-order valence-corrected chi connectivity index (χ4v) is 2.75. The lowest BCUT2D eigenvalue weighted by atomic mass is 10.1. The zero-order valence-corrected chi connectivity index (χ0v) is 13.9. The van der Waals surface area contributed by atoms with Crippen LogP contribution in [-0.2, 0) is 4.79 Å². The maximum Gasteiger partial charge on any atom is 0.265 e. The van der Waals surface area contributed by atoms with E-state index in [0.29, 0.717) is 18.9 Å². The number of para-hydroxylation sites is 2. The highest BCUT2D eigenvalue weighted by molar-refractivity contribution is 6.32. The maximum atomic E-state index is 12.5. The number of nitrogens with zero attached hydrogens (tertiary/aromatic N) is 1. The van der Waals surface area contributed by atoms with Crippen LogP contribution in [0.15, 0.2) is 36.4 Å². The van der Waals surface area contributed by atoms with Gasteiger partial charge in [0.25, 0.3) is 5.91 Å². The molecule has 0 atom stereocenters. The first kappa shape index (κ1) is 15.7. The summed E-state index contributed by atoms with van der Waals surface area (Å²) in [4.78, 5) is 14.2. The average Bonchev–Trinajstić information content (AvgIpc) is 2.57. The first-order valence-electron chi connectivity index (χ1n) is 7.48. The second-order valence-electron chi connectivity index (χ2n) is 5.52. The van der Waals surface area contributed by atoms with Crippen LogP contribution in [-0.4, -0.2) is 25.7 Å². The number of carbonyl (C=O) groups is 1. The first-order valence-corrected chi connectivity index (χ1v) is 7.86. The van der Waals surface area contributed by atoms with E-state index in [9.17, 15) is 4.79 Å². The van der Waals surface area contributed by atoms with Crippen LogP contribution in [0.25, 0.3) is 0 Å². The maximum absolute atomic E-state index is 12.5. The molecule has 23 heavy (non-hydrogen) atoms. The van der Waals surface area contributed by atoms with Crippen molar-refractivity contribution < 1.29 is 14.3 Å². The molecule has 2 aromatic rings. The smallest absolute Gasteiger partial charge is 0.265 e. The number of ether oxygens (including phenoxy) is 2. The van der Waals surface area contributed by atoms with Gasteiger partial charge in [-0.15, -0.1) is 0 Å². The van der Waals surface area contributed by atoms with Gasteiger partial charge in [0, 0.05) is 5.02 Å². The number of anilines is 1. The monoisotopic (exact) mass is 331 g/mol. The molecule has 3 rings (SSSR count). The van der Waals surface area contributed by atoms with Crippen LogP contribution in [0.5, 0.6) is 11.5 Å². The topological polar surface area (TPSA) is 38.8 Å². The van der Waals surface area contributed by atoms with Crippen LogP contribution in [0, 0.1) is 13.8 Å². The van der Waals surface area contributed by atoms with Gasteiger partial charge in [0.05, 0.1) is 12.2 Å². The molecule has 1 aliphatic rings. The zero-order valence-electron chi connectivity index (χ0n) is 13.1. The van der Waals surface area contributed by atoms with E-state index < -0.39 is 0 Å². The van der Waals surface area contributed by atoms with E-state index in [2.05, 4.69) is 0 Å². The SMILES string of the molecule is Cc1cc(OCC(=O)N2CCOc3ccccc32)cc(C)c1Cl. The predicted molar refractivity (Wildman–Crippen MR) is 90.7 cm³/mol. The Hall–Kier alpha value is -2.20. The molecule has 0 unspecified atom stereocenters. The van der Waals surface area contributed by atoms with Crippen LogP contribution in [0.1, 0.15) is 11.1 Å². The summed E-state index contributed by atoms with van der Waals surface area (Å²) in [5, 5.41) is 0.728. The highest BCUT2D eigenvalue weighted by Gasteiger charge is 2.23.